The first-order valence-corrected chi connectivity index (χ1v) is 8.28. The Kier molecular flexibility index (Phi) is 4.62. The lowest BCUT2D eigenvalue weighted by molar-refractivity contribution is 1.46. The third-order valence-corrected chi connectivity index (χ3v) is 4.29. The fraction of sp³-hybridized carbons (Fsp3) is 0.0909. The van der Waals surface area contributed by atoms with E-state index in [1.54, 1.807) is 11.3 Å². The molecule has 0 radical (unpaired) electrons. The van der Waals surface area contributed by atoms with Crippen molar-refractivity contribution in [2.45, 2.75) is 13.8 Å². The van der Waals surface area contributed by atoms with Crippen LogP contribution in [0, 0.1) is 37.5 Å². The number of hydrogen-bond acceptors (Lipinski definition) is 1. The van der Waals surface area contributed by atoms with Crippen LogP contribution >= 0.6 is 11.3 Å². The summed E-state index contributed by atoms with van der Waals surface area (Å²) in [5.41, 5.74) is 4.58. The summed E-state index contributed by atoms with van der Waals surface area (Å²) in [7, 11) is 0. The molecule has 0 aliphatic rings. The van der Waals surface area contributed by atoms with Crippen LogP contribution in [0.25, 0.3) is 0 Å². The first-order chi connectivity index (χ1) is 11.2. The Morgan fingerprint density at radius 3 is 1.30 bits per heavy atom. The van der Waals surface area contributed by atoms with E-state index in [-0.39, 0.29) is 0 Å². The number of aryl methyl sites for hydroxylation is 2. The standard InChI is InChI=1S/C22H16S/c1-17-3-7-19(8-4-17)11-13-21-15-16-22(23-21)14-12-20-9-5-18(2)6-10-20/h3-10,15-16H,1-2H3. The monoisotopic (exact) mass is 312 g/mol. The molecule has 110 valence electrons. The zero-order valence-corrected chi connectivity index (χ0v) is 14.0. The van der Waals surface area contributed by atoms with Crippen molar-refractivity contribution in [2.24, 2.45) is 0 Å². The van der Waals surface area contributed by atoms with Crippen LogP contribution in [0.15, 0.2) is 60.7 Å². The van der Waals surface area contributed by atoms with Crippen LogP contribution in [-0.4, -0.2) is 0 Å². The number of thiophene rings is 1. The van der Waals surface area contributed by atoms with Gasteiger partial charge in [-0.1, -0.05) is 59.1 Å². The largest absolute Gasteiger partial charge is 0.118 e. The van der Waals surface area contributed by atoms with Crippen LogP contribution < -0.4 is 0 Å². The van der Waals surface area contributed by atoms with Crippen LogP contribution in [0.3, 0.4) is 0 Å². The molecule has 0 saturated heterocycles. The van der Waals surface area contributed by atoms with Gasteiger partial charge in [-0.05, 0) is 50.2 Å². The van der Waals surface area contributed by atoms with Crippen molar-refractivity contribution in [3.05, 3.63) is 92.7 Å². The average molecular weight is 312 g/mol. The minimum Gasteiger partial charge on any atom is -0.118 e. The van der Waals surface area contributed by atoms with Crippen molar-refractivity contribution in [2.75, 3.05) is 0 Å². The highest BCUT2D eigenvalue weighted by molar-refractivity contribution is 7.13. The number of rotatable bonds is 0. The fourth-order valence-corrected chi connectivity index (χ4v) is 2.73. The highest BCUT2D eigenvalue weighted by Gasteiger charge is 1.94. The Morgan fingerprint density at radius 2 is 0.913 bits per heavy atom. The van der Waals surface area contributed by atoms with Gasteiger partial charge in [0.05, 0.1) is 9.75 Å². The van der Waals surface area contributed by atoms with Gasteiger partial charge in [0.25, 0.3) is 0 Å². The Labute approximate surface area is 141 Å². The van der Waals surface area contributed by atoms with Gasteiger partial charge >= 0.3 is 0 Å². The second-order valence-electron chi connectivity index (χ2n) is 5.40. The molecule has 1 heterocycles. The molecule has 0 aliphatic carbocycles. The normalized spacial score (nSPS) is 9.48. The smallest absolute Gasteiger partial charge is 0.0785 e. The molecule has 0 spiro atoms. The van der Waals surface area contributed by atoms with Crippen molar-refractivity contribution in [1.29, 1.82) is 0 Å². The van der Waals surface area contributed by atoms with Crippen molar-refractivity contribution in [3.8, 4) is 23.7 Å². The third-order valence-electron chi connectivity index (χ3n) is 3.37. The maximum atomic E-state index is 3.21. The summed E-state index contributed by atoms with van der Waals surface area (Å²) in [5.74, 6) is 12.8. The van der Waals surface area contributed by atoms with Crippen molar-refractivity contribution < 1.29 is 0 Å². The molecular formula is C22H16S. The summed E-state index contributed by atoms with van der Waals surface area (Å²) in [5, 5.41) is 0. The van der Waals surface area contributed by atoms with Crippen LogP contribution in [-0.2, 0) is 0 Å². The van der Waals surface area contributed by atoms with Gasteiger partial charge in [0.2, 0.25) is 0 Å². The maximum Gasteiger partial charge on any atom is 0.0785 e. The number of hydrogen-bond donors (Lipinski definition) is 0. The first kappa shape index (κ1) is 15.2. The molecule has 0 nitrogen and oxygen atoms in total. The molecular weight excluding hydrogens is 296 g/mol. The predicted molar refractivity (Wildman–Crippen MR) is 98.6 cm³/mol. The molecule has 0 saturated carbocycles. The topological polar surface area (TPSA) is 0 Å². The second-order valence-corrected chi connectivity index (χ2v) is 6.48. The summed E-state index contributed by atoms with van der Waals surface area (Å²) >= 11 is 1.63. The minimum absolute atomic E-state index is 1.04. The molecule has 1 heteroatoms. The molecule has 0 bridgehead atoms. The van der Waals surface area contributed by atoms with E-state index in [0.717, 1.165) is 20.9 Å². The third kappa shape index (κ3) is 4.36. The first-order valence-electron chi connectivity index (χ1n) is 7.46. The molecule has 0 atom stereocenters. The van der Waals surface area contributed by atoms with Crippen molar-refractivity contribution >= 4 is 11.3 Å². The molecule has 1 aromatic heterocycles. The van der Waals surface area contributed by atoms with E-state index < -0.39 is 0 Å². The van der Waals surface area contributed by atoms with E-state index in [0.29, 0.717) is 0 Å². The van der Waals surface area contributed by atoms with E-state index in [1.807, 2.05) is 36.4 Å². The Balaban J connectivity index is 1.74. The average Bonchev–Trinajstić information content (AvgIpc) is 3.02. The molecule has 23 heavy (non-hydrogen) atoms. The van der Waals surface area contributed by atoms with Crippen molar-refractivity contribution in [1.82, 2.24) is 0 Å². The van der Waals surface area contributed by atoms with Gasteiger partial charge in [0.15, 0.2) is 0 Å². The summed E-state index contributed by atoms with van der Waals surface area (Å²) in [4.78, 5) is 2.08. The molecule has 3 aromatic rings. The maximum absolute atomic E-state index is 3.21. The van der Waals surface area contributed by atoms with E-state index in [4.69, 9.17) is 0 Å². The Hall–Kier alpha value is -2.74. The Morgan fingerprint density at radius 1 is 0.522 bits per heavy atom. The van der Waals surface area contributed by atoms with Gasteiger partial charge in [-0.3, -0.25) is 0 Å². The molecule has 0 unspecified atom stereocenters. The van der Waals surface area contributed by atoms with Crippen LogP contribution in [0.5, 0.6) is 0 Å². The molecule has 3 rings (SSSR count). The van der Waals surface area contributed by atoms with Crippen LogP contribution in [0.4, 0.5) is 0 Å². The lowest BCUT2D eigenvalue weighted by Crippen LogP contribution is -1.75. The highest BCUT2D eigenvalue weighted by Crippen LogP contribution is 2.14. The SMILES string of the molecule is Cc1ccc(C#Cc2ccc(C#Cc3ccc(C)cc3)s2)cc1. The van der Waals surface area contributed by atoms with Crippen LogP contribution in [0.1, 0.15) is 32.0 Å². The lowest BCUT2D eigenvalue weighted by Gasteiger charge is -1.91. The van der Waals surface area contributed by atoms with Crippen molar-refractivity contribution in [3.63, 3.8) is 0 Å². The van der Waals surface area contributed by atoms with E-state index in [9.17, 15) is 0 Å². The zero-order valence-electron chi connectivity index (χ0n) is 13.2. The highest BCUT2D eigenvalue weighted by atomic mass is 32.1. The summed E-state index contributed by atoms with van der Waals surface area (Å²) < 4.78 is 0. The number of benzene rings is 2. The van der Waals surface area contributed by atoms with Crippen LogP contribution in [0.2, 0.25) is 0 Å². The molecule has 0 fully saturated rings. The van der Waals surface area contributed by atoms with Gasteiger partial charge < -0.3 is 0 Å². The molecule has 2 aromatic carbocycles. The van der Waals surface area contributed by atoms with Gasteiger partial charge in [-0.2, -0.15) is 0 Å². The minimum atomic E-state index is 1.04. The van der Waals surface area contributed by atoms with E-state index in [2.05, 4.69) is 61.8 Å². The quantitative estimate of drug-likeness (QED) is 0.503. The molecule has 0 aliphatic heterocycles. The van der Waals surface area contributed by atoms with Gasteiger partial charge in [0.1, 0.15) is 0 Å². The van der Waals surface area contributed by atoms with Gasteiger partial charge in [0, 0.05) is 11.1 Å². The van der Waals surface area contributed by atoms with Gasteiger partial charge in [-0.25, -0.2) is 0 Å². The summed E-state index contributed by atoms with van der Waals surface area (Å²) in [6.07, 6.45) is 0. The zero-order chi connectivity index (χ0) is 16.1. The predicted octanol–water partition coefficient (Wildman–Crippen LogP) is 5.16. The summed E-state index contributed by atoms with van der Waals surface area (Å²) in [6, 6.07) is 20.6. The fourth-order valence-electron chi connectivity index (χ4n) is 2.01. The molecule has 0 N–H and O–H groups in total. The van der Waals surface area contributed by atoms with E-state index in [1.165, 1.54) is 11.1 Å². The van der Waals surface area contributed by atoms with Gasteiger partial charge in [-0.15, -0.1) is 11.3 Å². The summed E-state index contributed by atoms with van der Waals surface area (Å²) in [6.45, 7) is 4.16. The second kappa shape index (κ2) is 7.01. The lowest BCUT2D eigenvalue weighted by atomic mass is 10.1. The van der Waals surface area contributed by atoms with E-state index >= 15 is 0 Å². The molecule has 0 amide bonds. The Bertz CT molecular complexity index is 840.